The minimum absolute atomic E-state index is 0.132. The van der Waals surface area contributed by atoms with Crippen molar-refractivity contribution in [2.45, 2.75) is 13.2 Å². The van der Waals surface area contributed by atoms with Crippen molar-refractivity contribution in [3.63, 3.8) is 0 Å². The van der Waals surface area contributed by atoms with Gasteiger partial charge in [0.2, 0.25) is 0 Å². The largest absolute Gasteiger partial charge is 0.442 e. The number of fused-ring (bicyclic) bond motifs is 1. The summed E-state index contributed by atoms with van der Waals surface area (Å²) in [5, 5.41) is 0. The fraction of sp³-hybridized carbons (Fsp3) is 0.462. The van der Waals surface area contributed by atoms with Gasteiger partial charge in [0.05, 0.1) is 13.2 Å². The first-order valence-corrected chi connectivity index (χ1v) is 6.04. The molecule has 1 fully saturated rings. The smallest absolute Gasteiger partial charge is 0.321 e. The number of rotatable bonds is 1. The molecule has 1 atom stereocenters. The highest BCUT2D eigenvalue weighted by molar-refractivity contribution is 5.81. The molecule has 0 spiro atoms. The summed E-state index contributed by atoms with van der Waals surface area (Å²) in [7, 11) is 0. The van der Waals surface area contributed by atoms with Crippen LogP contribution in [0.4, 0.5) is 0 Å². The highest BCUT2D eigenvalue weighted by Crippen LogP contribution is 2.35. The molecule has 0 bridgehead atoms. The summed E-state index contributed by atoms with van der Waals surface area (Å²) < 4.78 is 16.3. The van der Waals surface area contributed by atoms with E-state index in [4.69, 9.17) is 14.2 Å². The summed E-state index contributed by atoms with van der Waals surface area (Å²) >= 11 is 0. The third kappa shape index (κ3) is 2.01. The topological polar surface area (TPSA) is 48.0 Å². The summed E-state index contributed by atoms with van der Waals surface area (Å²) in [5.74, 6) is 1.14. The van der Waals surface area contributed by atoms with Gasteiger partial charge in [-0.25, -0.2) is 0 Å². The monoisotopic (exact) mass is 249 g/mol. The standard InChI is InChI=1S/C13H15NO4/c1-9-2-3-10-11(8-9)18-13(17-10)12(15)14-4-6-16-7-5-14/h2-3,8,13H,4-7H2,1H3. The predicted molar refractivity (Wildman–Crippen MR) is 63.6 cm³/mol. The minimum atomic E-state index is -0.847. The molecule has 1 saturated heterocycles. The molecule has 1 unspecified atom stereocenters. The summed E-state index contributed by atoms with van der Waals surface area (Å²) in [6.45, 7) is 4.31. The summed E-state index contributed by atoms with van der Waals surface area (Å²) in [6, 6.07) is 5.64. The van der Waals surface area contributed by atoms with Crippen LogP contribution < -0.4 is 9.47 Å². The molecule has 5 heteroatoms. The van der Waals surface area contributed by atoms with Crippen LogP contribution in [0.15, 0.2) is 18.2 Å². The van der Waals surface area contributed by atoms with Gasteiger partial charge in [-0.15, -0.1) is 0 Å². The van der Waals surface area contributed by atoms with E-state index in [2.05, 4.69) is 0 Å². The molecule has 96 valence electrons. The van der Waals surface area contributed by atoms with Gasteiger partial charge in [0.15, 0.2) is 11.5 Å². The number of morpholine rings is 1. The van der Waals surface area contributed by atoms with Crippen LogP contribution in [-0.2, 0) is 9.53 Å². The highest BCUT2D eigenvalue weighted by Gasteiger charge is 2.34. The number of aryl methyl sites for hydroxylation is 1. The van der Waals surface area contributed by atoms with Gasteiger partial charge in [-0.2, -0.15) is 0 Å². The van der Waals surface area contributed by atoms with Gasteiger partial charge in [0.25, 0.3) is 0 Å². The van der Waals surface area contributed by atoms with Crippen LogP contribution in [0.25, 0.3) is 0 Å². The van der Waals surface area contributed by atoms with Crippen LogP contribution >= 0.6 is 0 Å². The Hall–Kier alpha value is -1.75. The van der Waals surface area contributed by atoms with E-state index in [-0.39, 0.29) is 5.91 Å². The number of amides is 1. The van der Waals surface area contributed by atoms with E-state index < -0.39 is 6.29 Å². The number of benzene rings is 1. The second-order valence-electron chi connectivity index (χ2n) is 4.46. The number of ether oxygens (including phenoxy) is 3. The first-order chi connectivity index (χ1) is 8.74. The third-order valence-electron chi connectivity index (χ3n) is 3.09. The molecule has 0 radical (unpaired) electrons. The number of carbonyl (C=O) groups excluding carboxylic acids is 1. The Morgan fingerprint density at radius 3 is 2.72 bits per heavy atom. The Bertz CT molecular complexity index is 468. The first-order valence-electron chi connectivity index (χ1n) is 6.04. The van der Waals surface area contributed by atoms with Crippen LogP contribution in [0.2, 0.25) is 0 Å². The maximum absolute atomic E-state index is 12.2. The Labute approximate surface area is 105 Å². The molecule has 2 aliphatic rings. The quantitative estimate of drug-likeness (QED) is 0.743. The normalized spacial score (nSPS) is 22.1. The minimum Gasteiger partial charge on any atom is -0.442 e. The molecule has 3 rings (SSSR count). The molecule has 18 heavy (non-hydrogen) atoms. The van der Waals surface area contributed by atoms with E-state index in [9.17, 15) is 4.79 Å². The second kappa shape index (κ2) is 4.49. The summed E-state index contributed by atoms with van der Waals surface area (Å²) in [5.41, 5.74) is 1.08. The van der Waals surface area contributed by atoms with Crippen molar-refractivity contribution < 1.29 is 19.0 Å². The number of nitrogens with zero attached hydrogens (tertiary/aromatic N) is 1. The zero-order valence-electron chi connectivity index (χ0n) is 10.2. The molecule has 2 heterocycles. The van der Waals surface area contributed by atoms with E-state index in [0.29, 0.717) is 37.8 Å². The van der Waals surface area contributed by atoms with Gasteiger partial charge < -0.3 is 19.1 Å². The zero-order valence-corrected chi connectivity index (χ0v) is 10.2. The van der Waals surface area contributed by atoms with Crippen LogP contribution in [-0.4, -0.2) is 43.4 Å². The maximum Gasteiger partial charge on any atom is 0.321 e. The Kier molecular flexibility index (Phi) is 2.83. The predicted octanol–water partition coefficient (Wildman–Crippen LogP) is 0.951. The van der Waals surface area contributed by atoms with Gasteiger partial charge >= 0.3 is 12.2 Å². The fourth-order valence-corrected chi connectivity index (χ4v) is 2.09. The van der Waals surface area contributed by atoms with E-state index >= 15 is 0 Å². The molecule has 0 aromatic heterocycles. The van der Waals surface area contributed by atoms with Crippen LogP contribution in [0.5, 0.6) is 11.5 Å². The average Bonchev–Trinajstić information content (AvgIpc) is 2.81. The molecule has 0 aliphatic carbocycles. The fourth-order valence-electron chi connectivity index (χ4n) is 2.09. The van der Waals surface area contributed by atoms with Gasteiger partial charge in [0, 0.05) is 13.1 Å². The Morgan fingerprint density at radius 2 is 1.94 bits per heavy atom. The van der Waals surface area contributed by atoms with E-state index in [0.717, 1.165) is 5.56 Å². The lowest BCUT2D eigenvalue weighted by Gasteiger charge is -2.28. The lowest BCUT2D eigenvalue weighted by molar-refractivity contribution is -0.152. The molecule has 1 aromatic carbocycles. The van der Waals surface area contributed by atoms with E-state index in [1.54, 1.807) is 4.90 Å². The molecule has 2 aliphatic heterocycles. The maximum atomic E-state index is 12.2. The molecule has 1 aromatic rings. The highest BCUT2D eigenvalue weighted by atomic mass is 16.7. The lowest BCUT2D eigenvalue weighted by Crippen LogP contribution is -2.48. The van der Waals surface area contributed by atoms with Crippen LogP contribution in [0.1, 0.15) is 5.56 Å². The molecular weight excluding hydrogens is 234 g/mol. The summed E-state index contributed by atoms with van der Waals surface area (Å²) in [4.78, 5) is 13.9. The molecule has 1 amide bonds. The van der Waals surface area contributed by atoms with Crippen molar-refractivity contribution in [1.29, 1.82) is 0 Å². The summed E-state index contributed by atoms with van der Waals surface area (Å²) in [6.07, 6.45) is -0.847. The van der Waals surface area contributed by atoms with Gasteiger partial charge in [0.1, 0.15) is 0 Å². The molecule has 0 N–H and O–H groups in total. The van der Waals surface area contributed by atoms with Crippen LogP contribution in [0.3, 0.4) is 0 Å². The van der Waals surface area contributed by atoms with Gasteiger partial charge in [-0.3, -0.25) is 4.79 Å². The number of hydrogen-bond acceptors (Lipinski definition) is 4. The molecule has 5 nitrogen and oxygen atoms in total. The first kappa shape index (κ1) is 11.3. The van der Waals surface area contributed by atoms with Gasteiger partial charge in [-0.1, -0.05) is 6.07 Å². The van der Waals surface area contributed by atoms with Gasteiger partial charge in [-0.05, 0) is 24.6 Å². The van der Waals surface area contributed by atoms with Crippen molar-refractivity contribution in [2.75, 3.05) is 26.3 Å². The lowest BCUT2D eigenvalue weighted by atomic mass is 10.2. The van der Waals surface area contributed by atoms with Crippen molar-refractivity contribution in [1.82, 2.24) is 4.90 Å². The Morgan fingerprint density at radius 1 is 1.22 bits per heavy atom. The average molecular weight is 249 g/mol. The van der Waals surface area contributed by atoms with E-state index in [1.807, 2.05) is 25.1 Å². The molecule has 0 saturated carbocycles. The van der Waals surface area contributed by atoms with Crippen molar-refractivity contribution in [2.24, 2.45) is 0 Å². The van der Waals surface area contributed by atoms with Crippen molar-refractivity contribution in [3.8, 4) is 11.5 Å². The number of hydrogen-bond donors (Lipinski definition) is 0. The third-order valence-corrected chi connectivity index (χ3v) is 3.09. The number of carbonyl (C=O) groups is 1. The van der Waals surface area contributed by atoms with Crippen molar-refractivity contribution in [3.05, 3.63) is 23.8 Å². The Balaban J connectivity index is 1.71. The van der Waals surface area contributed by atoms with Crippen molar-refractivity contribution >= 4 is 5.91 Å². The SMILES string of the molecule is Cc1ccc2c(c1)OC(C(=O)N1CCOCC1)O2. The van der Waals surface area contributed by atoms with Crippen LogP contribution in [0, 0.1) is 6.92 Å². The van der Waals surface area contributed by atoms with E-state index in [1.165, 1.54) is 0 Å². The second-order valence-corrected chi connectivity index (χ2v) is 4.46. The zero-order chi connectivity index (χ0) is 12.5. The molecular formula is C13H15NO4.